The second-order valence-electron chi connectivity index (χ2n) is 3.54. The van der Waals surface area contributed by atoms with E-state index in [0.717, 1.165) is 6.42 Å². The lowest BCUT2D eigenvalue weighted by molar-refractivity contribution is 0.0802. The second-order valence-corrected chi connectivity index (χ2v) is 3.54. The Morgan fingerprint density at radius 2 is 2.25 bits per heavy atom. The molecule has 0 aliphatic heterocycles. The lowest BCUT2D eigenvalue weighted by Gasteiger charge is -2.18. The van der Waals surface area contributed by atoms with Gasteiger partial charge in [-0.2, -0.15) is 0 Å². The third kappa shape index (κ3) is 1.58. The minimum atomic E-state index is -0.308. The summed E-state index contributed by atoms with van der Waals surface area (Å²) in [6.07, 6.45) is 2.35. The van der Waals surface area contributed by atoms with Crippen molar-refractivity contribution < 1.29 is 9.21 Å². The van der Waals surface area contributed by atoms with Gasteiger partial charge < -0.3 is 4.42 Å². The van der Waals surface area contributed by atoms with Gasteiger partial charge in [0, 0.05) is 5.41 Å². The zero-order valence-electron chi connectivity index (χ0n) is 7.76. The first-order valence-electron chi connectivity index (χ1n) is 4.16. The third-order valence-electron chi connectivity index (χ3n) is 2.24. The lowest BCUT2D eigenvalue weighted by atomic mass is 9.84. The van der Waals surface area contributed by atoms with E-state index in [1.807, 2.05) is 20.8 Å². The quantitative estimate of drug-likeness (QED) is 0.646. The average molecular weight is 166 g/mol. The topological polar surface area (TPSA) is 30.2 Å². The molecule has 0 atom stereocenters. The molecule has 0 saturated carbocycles. The predicted octanol–water partition coefficient (Wildman–Crippen LogP) is 2.90. The minimum Gasteiger partial charge on any atom is -0.461 e. The van der Waals surface area contributed by atoms with Crippen LogP contribution in [0.2, 0.25) is 0 Å². The van der Waals surface area contributed by atoms with Gasteiger partial charge in [-0.25, -0.2) is 0 Å². The van der Waals surface area contributed by atoms with Crippen LogP contribution < -0.4 is 0 Å². The van der Waals surface area contributed by atoms with E-state index < -0.39 is 0 Å². The van der Waals surface area contributed by atoms with Crippen LogP contribution in [0, 0.1) is 5.41 Å². The van der Waals surface area contributed by atoms with Crippen LogP contribution in [0.3, 0.4) is 0 Å². The van der Waals surface area contributed by atoms with E-state index in [9.17, 15) is 4.79 Å². The first-order chi connectivity index (χ1) is 5.58. The van der Waals surface area contributed by atoms with Crippen LogP contribution in [0.4, 0.5) is 0 Å². The van der Waals surface area contributed by atoms with E-state index in [1.165, 1.54) is 6.26 Å². The maximum atomic E-state index is 11.7. The number of carbonyl (C=O) groups is 1. The average Bonchev–Trinajstić information content (AvgIpc) is 2.55. The normalized spacial score (nSPS) is 11.6. The van der Waals surface area contributed by atoms with Gasteiger partial charge >= 0.3 is 0 Å². The van der Waals surface area contributed by atoms with Crippen molar-refractivity contribution in [2.24, 2.45) is 5.41 Å². The fourth-order valence-corrected chi connectivity index (χ4v) is 0.902. The van der Waals surface area contributed by atoms with E-state index in [0.29, 0.717) is 5.76 Å². The summed E-state index contributed by atoms with van der Waals surface area (Å²) < 4.78 is 5.03. The third-order valence-corrected chi connectivity index (χ3v) is 2.24. The molecule has 0 radical (unpaired) electrons. The van der Waals surface area contributed by atoms with Crippen molar-refractivity contribution in [3.05, 3.63) is 24.2 Å². The summed E-state index contributed by atoms with van der Waals surface area (Å²) in [6.45, 7) is 5.86. The number of hydrogen-bond donors (Lipinski definition) is 0. The minimum absolute atomic E-state index is 0.0787. The van der Waals surface area contributed by atoms with Crippen molar-refractivity contribution in [1.82, 2.24) is 0 Å². The van der Waals surface area contributed by atoms with Crippen LogP contribution in [0.1, 0.15) is 37.7 Å². The molecular formula is C10H14O2. The predicted molar refractivity (Wildman–Crippen MR) is 47.1 cm³/mol. The van der Waals surface area contributed by atoms with E-state index in [4.69, 9.17) is 4.42 Å². The van der Waals surface area contributed by atoms with Crippen LogP contribution in [-0.2, 0) is 0 Å². The Balaban J connectivity index is 2.86. The molecule has 0 N–H and O–H groups in total. The van der Waals surface area contributed by atoms with Crippen molar-refractivity contribution in [3.63, 3.8) is 0 Å². The number of furan rings is 1. The van der Waals surface area contributed by atoms with Crippen LogP contribution >= 0.6 is 0 Å². The van der Waals surface area contributed by atoms with Crippen LogP contribution in [0.15, 0.2) is 22.8 Å². The first kappa shape index (κ1) is 9.04. The maximum absolute atomic E-state index is 11.7. The summed E-state index contributed by atoms with van der Waals surface area (Å²) in [5.74, 6) is 0.539. The highest BCUT2D eigenvalue weighted by Crippen LogP contribution is 2.25. The molecule has 0 aliphatic rings. The first-order valence-corrected chi connectivity index (χ1v) is 4.16. The van der Waals surface area contributed by atoms with Gasteiger partial charge in [-0.05, 0) is 18.6 Å². The van der Waals surface area contributed by atoms with Crippen LogP contribution in [-0.4, -0.2) is 5.78 Å². The van der Waals surface area contributed by atoms with Gasteiger partial charge in [0.25, 0.3) is 0 Å². The summed E-state index contributed by atoms with van der Waals surface area (Å²) in [5.41, 5.74) is -0.308. The van der Waals surface area contributed by atoms with Gasteiger partial charge in [-0.15, -0.1) is 0 Å². The lowest BCUT2D eigenvalue weighted by Crippen LogP contribution is -2.22. The van der Waals surface area contributed by atoms with E-state index >= 15 is 0 Å². The van der Waals surface area contributed by atoms with Crippen molar-refractivity contribution >= 4 is 5.78 Å². The van der Waals surface area contributed by atoms with E-state index in [-0.39, 0.29) is 11.2 Å². The second kappa shape index (κ2) is 3.13. The van der Waals surface area contributed by atoms with Crippen molar-refractivity contribution in [2.45, 2.75) is 27.2 Å². The van der Waals surface area contributed by atoms with Crippen molar-refractivity contribution in [1.29, 1.82) is 0 Å². The molecule has 0 aromatic carbocycles. The molecule has 1 aromatic rings. The van der Waals surface area contributed by atoms with Crippen molar-refractivity contribution in [3.8, 4) is 0 Å². The fourth-order valence-electron chi connectivity index (χ4n) is 0.902. The van der Waals surface area contributed by atoms with E-state index in [2.05, 4.69) is 0 Å². The Kier molecular flexibility index (Phi) is 2.36. The molecule has 1 aromatic heterocycles. The molecule has 0 spiro atoms. The molecule has 2 nitrogen and oxygen atoms in total. The molecule has 2 heteroatoms. The van der Waals surface area contributed by atoms with Crippen LogP contribution in [0.5, 0.6) is 0 Å². The zero-order valence-corrected chi connectivity index (χ0v) is 7.76. The number of hydrogen-bond acceptors (Lipinski definition) is 2. The zero-order chi connectivity index (χ0) is 9.19. The molecule has 0 fully saturated rings. The largest absolute Gasteiger partial charge is 0.461 e. The van der Waals surface area contributed by atoms with Gasteiger partial charge in [0.05, 0.1) is 6.26 Å². The van der Waals surface area contributed by atoms with Crippen molar-refractivity contribution in [2.75, 3.05) is 0 Å². The summed E-state index contributed by atoms with van der Waals surface area (Å²) in [4.78, 5) is 11.7. The number of Topliss-reactive ketones (excluding diaryl/α,β-unsaturated/α-hetero) is 1. The Morgan fingerprint density at radius 3 is 2.67 bits per heavy atom. The highest BCUT2D eigenvalue weighted by atomic mass is 16.3. The maximum Gasteiger partial charge on any atom is 0.203 e. The molecular weight excluding hydrogens is 152 g/mol. The smallest absolute Gasteiger partial charge is 0.203 e. The van der Waals surface area contributed by atoms with Gasteiger partial charge in [0.15, 0.2) is 5.76 Å². The van der Waals surface area contributed by atoms with E-state index in [1.54, 1.807) is 12.1 Å². The molecule has 66 valence electrons. The summed E-state index contributed by atoms with van der Waals surface area (Å²) in [5, 5.41) is 0. The Hall–Kier alpha value is -1.05. The Bertz CT molecular complexity index is 257. The van der Waals surface area contributed by atoms with Gasteiger partial charge in [-0.1, -0.05) is 20.8 Å². The summed E-state index contributed by atoms with van der Waals surface area (Å²) >= 11 is 0. The molecule has 0 aliphatic carbocycles. The van der Waals surface area contributed by atoms with Gasteiger partial charge in [0.1, 0.15) is 0 Å². The SMILES string of the molecule is CCC(C)(C)C(=O)c1ccco1. The standard InChI is InChI=1S/C10H14O2/c1-4-10(2,3)9(11)8-6-5-7-12-8/h5-7H,4H2,1-3H3. The molecule has 1 heterocycles. The molecule has 0 unspecified atom stereocenters. The molecule has 0 bridgehead atoms. The monoisotopic (exact) mass is 166 g/mol. The van der Waals surface area contributed by atoms with Crippen LogP contribution in [0.25, 0.3) is 0 Å². The molecule has 0 amide bonds. The summed E-state index contributed by atoms with van der Waals surface area (Å²) in [7, 11) is 0. The Labute approximate surface area is 72.6 Å². The Morgan fingerprint density at radius 1 is 1.58 bits per heavy atom. The molecule has 1 rings (SSSR count). The highest BCUT2D eigenvalue weighted by molar-refractivity contribution is 5.97. The summed E-state index contributed by atoms with van der Waals surface area (Å²) in [6, 6.07) is 3.44. The number of rotatable bonds is 3. The number of ketones is 1. The molecule has 12 heavy (non-hydrogen) atoms. The van der Waals surface area contributed by atoms with Gasteiger partial charge in [-0.3, -0.25) is 4.79 Å². The fraction of sp³-hybridized carbons (Fsp3) is 0.500. The molecule has 0 saturated heterocycles. The number of carbonyl (C=O) groups excluding carboxylic acids is 1. The highest BCUT2D eigenvalue weighted by Gasteiger charge is 2.28. The van der Waals surface area contributed by atoms with Gasteiger partial charge in [0.2, 0.25) is 5.78 Å².